The molecule has 14 heavy (non-hydrogen) atoms. The number of halogens is 1. The first-order chi connectivity index (χ1) is 6.75. The Balaban J connectivity index is 1.94. The number of hydrogen-bond donors (Lipinski definition) is 2. The molecule has 4 heteroatoms. The van der Waals surface area contributed by atoms with Crippen molar-refractivity contribution >= 4 is 15.9 Å². The van der Waals surface area contributed by atoms with Gasteiger partial charge in [0.05, 0.1) is 4.48 Å². The molecular weight excluding hydrogens is 242 g/mol. The Morgan fingerprint density at radius 1 is 1.64 bits per heavy atom. The molecule has 0 amide bonds. The molecule has 1 fully saturated rings. The summed E-state index contributed by atoms with van der Waals surface area (Å²) in [7, 11) is 2.08. The minimum Gasteiger partial charge on any atom is -0.380 e. The fourth-order valence-corrected chi connectivity index (χ4v) is 2.40. The Kier molecular flexibility index (Phi) is 3.13. The fraction of sp³-hybridized carbons (Fsp3) is 0.600. The van der Waals surface area contributed by atoms with Crippen molar-refractivity contribution in [2.75, 3.05) is 26.7 Å². The van der Waals surface area contributed by atoms with Gasteiger partial charge in [-0.1, -0.05) is 0 Å². The van der Waals surface area contributed by atoms with Gasteiger partial charge in [-0.15, -0.1) is 0 Å². The van der Waals surface area contributed by atoms with E-state index in [1.165, 1.54) is 12.1 Å². The molecule has 2 aliphatic heterocycles. The van der Waals surface area contributed by atoms with Crippen molar-refractivity contribution in [3.8, 4) is 0 Å². The average Bonchev–Trinajstić information content (AvgIpc) is 2.62. The summed E-state index contributed by atoms with van der Waals surface area (Å²) in [4.78, 5) is 2.15. The van der Waals surface area contributed by atoms with Gasteiger partial charge in [0.25, 0.3) is 0 Å². The SMILES string of the molecule is CN1C=C(Br)C(NC2CCNC2)=CC1. The van der Waals surface area contributed by atoms with Crippen LogP contribution in [0.1, 0.15) is 6.42 Å². The molecule has 1 unspecified atom stereocenters. The van der Waals surface area contributed by atoms with Crippen LogP contribution in [0.15, 0.2) is 22.5 Å². The minimum atomic E-state index is 0.589. The highest BCUT2D eigenvalue weighted by Gasteiger charge is 2.17. The Morgan fingerprint density at radius 3 is 3.14 bits per heavy atom. The van der Waals surface area contributed by atoms with Crippen molar-refractivity contribution < 1.29 is 0 Å². The molecule has 0 aromatic heterocycles. The summed E-state index contributed by atoms with van der Waals surface area (Å²) >= 11 is 3.57. The average molecular weight is 258 g/mol. The van der Waals surface area contributed by atoms with Crippen molar-refractivity contribution in [2.45, 2.75) is 12.5 Å². The number of hydrogen-bond acceptors (Lipinski definition) is 3. The maximum absolute atomic E-state index is 3.57. The van der Waals surface area contributed by atoms with Gasteiger partial charge in [0, 0.05) is 38.1 Å². The highest BCUT2D eigenvalue weighted by atomic mass is 79.9. The van der Waals surface area contributed by atoms with Gasteiger partial charge in [0.1, 0.15) is 0 Å². The first-order valence-corrected chi connectivity index (χ1v) is 5.80. The van der Waals surface area contributed by atoms with Gasteiger partial charge in [-0.05, 0) is 35.0 Å². The molecular formula is C10H16BrN3. The number of rotatable bonds is 2. The minimum absolute atomic E-state index is 0.589. The summed E-state index contributed by atoms with van der Waals surface area (Å²) in [5, 5.41) is 6.90. The van der Waals surface area contributed by atoms with E-state index < -0.39 is 0 Å². The zero-order chi connectivity index (χ0) is 9.97. The van der Waals surface area contributed by atoms with Crippen LogP contribution in [-0.2, 0) is 0 Å². The predicted octanol–water partition coefficient (Wildman–Crippen LogP) is 1.00. The maximum Gasteiger partial charge on any atom is 0.0563 e. The van der Waals surface area contributed by atoms with Crippen molar-refractivity contribution in [2.24, 2.45) is 0 Å². The van der Waals surface area contributed by atoms with E-state index >= 15 is 0 Å². The molecule has 0 radical (unpaired) electrons. The van der Waals surface area contributed by atoms with Crippen LogP contribution in [0, 0.1) is 0 Å². The summed E-state index contributed by atoms with van der Waals surface area (Å²) in [5.41, 5.74) is 1.23. The first-order valence-electron chi connectivity index (χ1n) is 5.01. The topological polar surface area (TPSA) is 27.3 Å². The monoisotopic (exact) mass is 257 g/mol. The van der Waals surface area contributed by atoms with E-state index in [1.54, 1.807) is 0 Å². The first kappa shape index (κ1) is 10.1. The third kappa shape index (κ3) is 2.30. The van der Waals surface area contributed by atoms with E-state index in [1.807, 2.05) is 0 Å². The molecule has 2 heterocycles. The van der Waals surface area contributed by atoms with Gasteiger partial charge < -0.3 is 15.5 Å². The van der Waals surface area contributed by atoms with Crippen LogP contribution < -0.4 is 10.6 Å². The molecule has 1 saturated heterocycles. The zero-order valence-electron chi connectivity index (χ0n) is 8.39. The van der Waals surface area contributed by atoms with Gasteiger partial charge in [0.15, 0.2) is 0 Å². The number of nitrogens with one attached hydrogen (secondary N) is 2. The Bertz CT molecular complexity index is 267. The molecule has 0 aromatic rings. The Morgan fingerprint density at radius 2 is 2.50 bits per heavy atom. The molecule has 0 aliphatic carbocycles. The lowest BCUT2D eigenvalue weighted by atomic mass is 10.2. The van der Waals surface area contributed by atoms with E-state index in [0.717, 1.165) is 24.1 Å². The smallest absolute Gasteiger partial charge is 0.0563 e. The quantitative estimate of drug-likeness (QED) is 0.774. The van der Waals surface area contributed by atoms with Crippen LogP contribution in [-0.4, -0.2) is 37.6 Å². The van der Waals surface area contributed by atoms with E-state index in [0.29, 0.717) is 6.04 Å². The molecule has 78 valence electrons. The van der Waals surface area contributed by atoms with Gasteiger partial charge in [-0.2, -0.15) is 0 Å². The molecule has 2 N–H and O–H groups in total. The molecule has 2 rings (SSSR count). The summed E-state index contributed by atoms with van der Waals surface area (Å²) in [6.45, 7) is 3.19. The van der Waals surface area contributed by atoms with Crippen LogP contribution in [0.3, 0.4) is 0 Å². The summed E-state index contributed by atoms with van der Waals surface area (Å²) in [5.74, 6) is 0. The fourth-order valence-electron chi connectivity index (χ4n) is 1.77. The van der Waals surface area contributed by atoms with Crippen LogP contribution in [0.5, 0.6) is 0 Å². The summed E-state index contributed by atoms with van der Waals surface area (Å²) < 4.78 is 1.15. The Hall–Kier alpha value is -0.480. The number of likely N-dealkylation sites (N-methyl/N-ethyl adjacent to an activating group) is 1. The Labute approximate surface area is 93.4 Å². The lowest BCUT2D eigenvalue weighted by Crippen LogP contribution is -2.32. The zero-order valence-corrected chi connectivity index (χ0v) is 9.97. The van der Waals surface area contributed by atoms with Crippen molar-refractivity contribution in [3.05, 3.63) is 22.5 Å². The van der Waals surface area contributed by atoms with Crippen LogP contribution in [0.25, 0.3) is 0 Å². The van der Waals surface area contributed by atoms with Crippen LogP contribution in [0.4, 0.5) is 0 Å². The molecule has 2 aliphatic rings. The maximum atomic E-state index is 3.57. The highest BCUT2D eigenvalue weighted by Crippen LogP contribution is 2.20. The third-order valence-corrected chi connectivity index (χ3v) is 3.23. The van der Waals surface area contributed by atoms with E-state index in [2.05, 4.69) is 50.8 Å². The van der Waals surface area contributed by atoms with E-state index in [-0.39, 0.29) is 0 Å². The number of allylic oxidation sites excluding steroid dienone is 1. The number of nitrogens with zero attached hydrogens (tertiary/aromatic N) is 1. The summed E-state index contributed by atoms with van der Waals surface area (Å²) in [6.07, 6.45) is 5.56. The third-order valence-electron chi connectivity index (χ3n) is 2.59. The molecule has 1 atom stereocenters. The van der Waals surface area contributed by atoms with Gasteiger partial charge in [-0.25, -0.2) is 0 Å². The highest BCUT2D eigenvalue weighted by molar-refractivity contribution is 9.12. The normalized spacial score (nSPS) is 27.3. The molecule has 0 bridgehead atoms. The van der Waals surface area contributed by atoms with Gasteiger partial charge in [-0.3, -0.25) is 0 Å². The van der Waals surface area contributed by atoms with Crippen molar-refractivity contribution in [3.63, 3.8) is 0 Å². The summed E-state index contributed by atoms with van der Waals surface area (Å²) in [6, 6.07) is 0.589. The lowest BCUT2D eigenvalue weighted by molar-refractivity contribution is 0.493. The second-order valence-corrected chi connectivity index (χ2v) is 4.72. The second kappa shape index (κ2) is 4.36. The van der Waals surface area contributed by atoms with Gasteiger partial charge >= 0.3 is 0 Å². The van der Waals surface area contributed by atoms with Crippen LogP contribution >= 0.6 is 15.9 Å². The van der Waals surface area contributed by atoms with Gasteiger partial charge in [0.2, 0.25) is 0 Å². The molecule has 0 aromatic carbocycles. The standard InChI is InChI=1S/C10H16BrN3/c1-14-5-3-10(9(11)7-14)13-8-2-4-12-6-8/h3,7-8,12-13H,2,4-6H2,1H3. The van der Waals surface area contributed by atoms with Crippen molar-refractivity contribution in [1.29, 1.82) is 0 Å². The molecule has 0 saturated carbocycles. The predicted molar refractivity (Wildman–Crippen MR) is 62.1 cm³/mol. The van der Waals surface area contributed by atoms with E-state index in [9.17, 15) is 0 Å². The lowest BCUT2D eigenvalue weighted by Gasteiger charge is -2.23. The van der Waals surface area contributed by atoms with E-state index in [4.69, 9.17) is 0 Å². The van der Waals surface area contributed by atoms with Crippen molar-refractivity contribution in [1.82, 2.24) is 15.5 Å². The second-order valence-electron chi connectivity index (χ2n) is 3.87. The van der Waals surface area contributed by atoms with Crippen LogP contribution in [0.2, 0.25) is 0 Å². The molecule has 3 nitrogen and oxygen atoms in total. The molecule has 0 spiro atoms. The largest absolute Gasteiger partial charge is 0.380 e.